The highest BCUT2D eigenvalue weighted by atomic mass is 32.1. The third kappa shape index (κ3) is 4.65. The van der Waals surface area contributed by atoms with Crippen LogP contribution in [0, 0.1) is 6.92 Å². The fourth-order valence-corrected chi connectivity index (χ4v) is 3.76. The molecule has 10 heteroatoms. The molecular formula is C19H15F3N2O4S. The van der Waals surface area contributed by atoms with Crippen LogP contribution in [0.3, 0.4) is 0 Å². The van der Waals surface area contributed by atoms with Crippen molar-refractivity contribution >= 4 is 33.4 Å². The predicted molar refractivity (Wildman–Crippen MR) is 99.9 cm³/mol. The minimum absolute atomic E-state index is 0.0598. The number of halogens is 3. The molecule has 0 radical (unpaired) electrons. The molecule has 152 valence electrons. The molecular weight excluding hydrogens is 409 g/mol. The molecule has 0 aliphatic heterocycles. The highest BCUT2D eigenvalue weighted by Gasteiger charge is 2.31. The zero-order valence-corrected chi connectivity index (χ0v) is 16.0. The van der Waals surface area contributed by atoms with E-state index in [-0.39, 0.29) is 4.80 Å². The molecule has 0 saturated heterocycles. The minimum atomic E-state index is -4.86. The first-order valence-corrected chi connectivity index (χ1v) is 9.16. The molecule has 1 N–H and O–H groups in total. The van der Waals surface area contributed by atoms with Crippen molar-refractivity contribution in [2.75, 3.05) is 0 Å². The number of carboxylic acid groups (broad SMARTS) is 1. The van der Waals surface area contributed by atoms with Crippen molar-refractivity contribution in [1.29, 1.82) is 0 Å². The third-order valence-electron chi connectivity index (χ3n) is 4.07. The summed E-state index contributed by atoms with van der Waals surface area (Å²) in [6, 6.07) is 9.09. The Bertz CT molecular complexity index is 1150. The molecule has 0 aliphatic rings. The lowest BCUT2D eigenvalue weighted by atomic mass is 10.1. The summed E-state index contributed by atoms with van der Waals surface area (Å²) in [7, 11) is 0. The highest BCUT2D eigenvalue weighted by Crippen LogP contribution is 2.29. The van der Waals surface area contributed by atoms with E-state index in [1.165, 1.54) is 17.6 Å². The summed E-state index contributed by atoms with van der Waals surface area (Å²) in [5.74, 6) is -2.21. The van der Waals surface area contributed by atoms with Crippen LogP contribution in [-0.2, 0) is 4.79 Å². The number of hydrogen-bond donors (Lipinski definition) is 1. The van der Waals surface area contributed by atoms with E-state index in [1.54, 1.807) is 24.3 Å². The van der Waals surface area contributed by atoms with Crippen LogP contribution in [0.15, 0.2) is 47.5 Å². The Hall–Kier alpha value is -3.14. The molecule has 0 aliphatic carbocycles. The van der Waals surface area contributed by atoms with Crippen molar-refractivity contribution in [3.8, 4) is 5.75 Å². The van der Waals surface area contributed by atoms with Gasteiger partial charge in [-0.2, -0.15) is 4.99 Å². The number of ether oxygens (including phenoxy) is 1. The fraction of sp³-hybridized carbons (Fsp3) is 0.211. The van der Waals surface area contributed by atoms with Crippen molar-refractivity contribution in [3.63, 3.8) is 0 Å². The monoisotopic (exact) mass is 424 g/mol. The number of carboxylic acids is 1. The molecule has 29 heavy (non-hydrogen) atoms. The number of rotatable bonds is 4. The van der Waals surface area contributed by atoms with Gasteiger partial charge in [0.25, 0.3) is 5.91 Å². The van der Waals surface area contributed by atoms with Crippen LogP contribution >= 0.6 is 11.3 Å². The lowest BCUT2D eigenvalue weighted by Gasteiger charge is -2.11. The van der Waals surface area contributed by atoms with Gasteiger partial charge in [0.05, 0.1) is 10.2 Å². The van der Waals surface area contributed by atoms with Crippen LogP contribution in [0.1, 0.15) is 28.9 Å². The number of alkyl halides is 3. The summed E-state index contributed by atoms with van der Waals surface area (Å²) in [4.78, 5) is 28.1. The number of nitrogens with zero attached hydrogens (tertiary/aromatic N) is 2. The molecule has 3 rings (SSSR count). The summed E-state index contributed by atoms with van der Waals surface area (Å²) in [5.41, 5.74) is 1.59. The fourth-order valence-electron chi connectivity index (χ4n) is 2.63. The third-order valence-corrected chi connectivity index (χ3v) is 5.09. The quantitative estimate of drug-likeness (QED) is 0.677. The van der Waals surface area contributed by atoms with Gasteiger partial charge in [0, 0.05) is 5.56 Å². The first-order chi connectivity index (χ1) is 13.5. The Morgan fingerprint density at radius 3 is 2.41 bits per heavy atom. The number of aryl methyl sites for hydroxylation is 1. The normalized spacial score (nSPS) is 13.5. The highest BCUT2D eigenvalue weighted by molar-refractivity contribution is 7.16. The molecule has 0 fully saturated rings. The van der Waals surface area contributed by atoms with Gasteiger partial charge in [0.1, 0.15) is 11.8 Å². The molecule has 1 aromatic heterocycles. The number of benzene rings is 2. The standard InChI is InChI=1S/C19H15F3N2O4S/c1-10-3-5-12(6-4-10)16(25)23-18-24(11(2)17(26)27)14-8-7-13(9-15(14)29-18)28-19(20,21)22/h3-9,11H,1-2H3,(H,26,27). The number of carbonyl (C=O) groups is 2. The SMILES string of the molecule is Cc1ccc(C(=O)N=c2sc3cc(OC(F)(F)F)ccc3n2C(C)C(=O)O)cc1. The van der Waals surface area contributed by atoms with Crippen LogP contribution in [0.2, 0.25) is 0 Å². The zero-order valence-electron chi connectivity index (χ0n) is 15.2. The van der Waals surface area contributed by atoms with Crippen molar-refractivity contribution in [2.24, 2.45) is 4.99 Å². The molecule has 1 heterocycles. The number of hydrogen-bond acceptors (Lipinski definition) is 4. The number of carbonyl (C=O) groups excluding carboxylic acids is 1. The van der Waals surface area contributed by atoms with E-state index < -0.39 is 30.0 Å². The Labute approximate surface area is 166 Å². The second kappa shape index (κ2) is 7.70. The van der Waals surface area contributed by atoms with Crippen LogP contribution in [-0.4, -0.2) is 27.9 Å². The Morgan fingerprint density at radius 1 is 1.17 bits per heavy atom. The van der Waals surface area contributed by atoms with Crippen LogP contribution in [0.5, 0.6) is 5.75 Å². The summed E-state index contributed by atoms with van der Waals surface area (Å²) in [6.45, 7) is 3.25. The lowest BCUT2D eigenvalue weighted by Crippen LogP contribution is -2.25. The molecule has 1 atom stereocenters. The van der Waals surface area contributed by atoms with Gasteiger partial charge in [0.15, 0.2) is 4.80 Å². The van der Waals surface area contributed by atoms with E-state index in [9.17, 15) is 27.9 Å². The maximum Gasteiger partial charge on any atom is 0.573 e. The van der Waals surface area contributed by atoms with Gasteiger partial charge in [-0.05, 0) is 44.2 Å². The van der Waals surface area contributed by atoms with Gasteiger partial charge in [-0.1, -0.05) is 29.0 Å². The molecule has 0 bridgehead atoms. The molecule has 1 amide bonds. The first-order valence-electron chi connectivity index (χ1n) is 8.34. The molecule has 6 nitrogen and oxygen atoms in total. The van der Waals surface area contributed by atoms with E-state index in [1.807, 2.05) is 6.92 Å². The van der Waals surface area contributed by atoms with E-state index in [0.717, 1.165) is 29.0 Å². The van der Waals surface area contributed by atoms with Gasteiger partial charge in [0.2, 0.25) is 0 Å². The summed E-state index contributed by atoms with van der Waals surface area (Å²) >= 11 is 0.901. The number of thiazole rings is 1. The summed E-state index contributed by atoms with van der Waals surface area (Å²) in [6.07, 6.45) is -4.86. The van der Waals surface area contributed by atoms with Crippen LogP contribution in [0.4, 0.5) is 13.2 Å². The number of aromatic nitrogens is 1. The molecule has 0 spiro atoms. The Balaban J connectivity index is 2.15. The lowest BCUT2D eigenvalue weighted by molar-refractivity contribution is -0.274. The van der Waals surface area contributed by atoms with Gasteiger partial charge in [-0.25, -0.2) is 4.79 Å². The van der Waals surface area contributed by atoms with E-state index in [4.69, 9.17) is 0 Å². The van der Waals surface area contributed by atoms with Crippen molar-refractivity contribution in [3.05, 3.63) is 58.4 Å². The topological polar surface area (TPSA) is 80.9 Å². The molecule has 0 saturated carbocycles. The van der Waals surface area contributed by atoms with Gasteiger partial charge >= 0.3 is 12.3 Å². The number of amides is 1. The second-order valence-electron chi connectivity index (χ2n) is 6.23. The average Bonchev–Trinajstić information content (AvgIpc) is 2.96. The maximum absolute atomic E-state index is 12.5. The van der Waals surface area contributed by atoms with Gasteiger partial charge in [-0.15, -0.1) is 13.2 Å². The minimum Gasteiger partial charge on any atom is -0.480 e. The molecule has 1 unspecified atom stereocenters. The van der Waals surface area contributed by atoms with E-state index in [0.29, 0.717) is 15.8 Å². The van der Waals surface area contributed by atoms with Crippen LogP contribution < -0.4 is 9.54 Å². The Kier molecular flexibility index (Phi) is 5.47. The number of aliphatic carboxylic acids is 1. The average molecular weight is 424 g/mol. The zero-order chi connectivity index (χ0) is 21.3. The second-order valence-corrected chi connectivity index (χ2v) is 7.24. The smallest absolute Gasteiger partial charge is 0.480 e. The number of fused-ring (bicyclic) bond motifs is 1. The Morgan fingerprint density at radius 2 is 1.83 bits per heavy atom. The first kappa shape index (κ1) is 20.6. The van der Waals surface area contributed by atoms with E-state index >= 15 is 0 Å². The summed E-state index contributed by atoms with van der Waals surface area (Å²) < 4.78 is 43.0. The van der Waals surface area contributed by atoms with Crippen molar-refractivity contribution in [1.82, 2.24) is 4.57 Å². The van der Waals surface area contributed by atoms with Crippen molar-refractivity contribution < 1.29 is 32.6 Å². The van der Waals surface area contributed by atoms with Gasteiger partial charge < -0.3 is 14.4 Å². The maximum atomic E-state index is 12.5. The molecule has 2 aromatic carbocycles. The van der Waals surface area contributed by atoms with Crippen LogP contribution in [0.25, 0.3) is 10.2 Å². The van der Waals surface area contributed by atoms with Gasteiger partial charge in [-0.3, -0.25) is 4.79 Å². The summed E-state index contributed by atoms with van der Waals surface area (Å²) in [5, 5.41) is 9.41. The van der Waals surface area contributed by atoms with E-state index in [2.05, 4.69) is 9.73 Å². The molecule has 3 aromatic rings. The van der Waals surface area contributed by atoms with Crippen molar-refractivity contribution in [2.45, 2.75) is 26.3 Å². The largest absolute Gasteiger partial charge is 0.573 e. The predicted octanol–water partition coefficient (Wildman–Crippen LogP) is 4.30.